The van der Waals surface area contributed by atoms with Gasteiger partial charge >= 0.3 is 0 Å². The molecule has 0 aliphatic carbocycles. The number of alkyl halides is 1. The number of hydrogen-bond acceptors (Lipinski definition) is 4. The molecule has 1 unspecified atom stereocenters. The molecule has 3 rings (SSSR count). The summed E-state index contributed by atoms with van der Waals surface area (Å²) in [6, 6.07) is 15.2. The van der Waals surface area contributed by atoms with Crippen LogP contribution < -0.4 is 4.74 Å². The highest BCUT2D eigenvalue weighted by atomic mass is 35.5. The molecule has 2 aromatic carbocycles. The van der Waals surface area contributed by atoms with Gasteiger partial charge in [0.05, 0.1) is 13.7 Å². The Kier molecular flexibility index (Phi) is 6.31. The lowest BCUT2D eigenvalue weighted by atomic mass is 10.1. The number of carbonyl (C=O) groups is 1. The standard InChI is InChI=1S/C21H20ClFN2O3/c1-14(22)21(26)25(12-15-6-8-17(23)9-7-15)13-18-11-20(28-24-18)16-4-3-5-19(10-16)27-2/h3-11,14H,12-13H2,1-2H3. The van der Waals surface area contributed by atoms with E-state index in [1.54, 1.807) is 37.1 Å². The Morgan fingerprint density at radius 2 is 1.96 bits per heavy atom. The minimum Gasteiger partial charge on any atom is -0.497 e. The molecule has 0 saturated carbocycles. The molecule has 0 aliphatic rings. The van der Waals surface area contributed by atoms with Crippen LogP contribution in [0.2, 0.25) is 0 Å². The van der Waals surface area contributed by atoms with Crippen molar-refractivity contribution in [3.8, 4) is 17.1 Å². The average molecular weight is 403 g/mol. The quantitative estimate of drug-likeness (QED) is 0.540. The van der Waals surface area contributed by atoms with Gasteiger partial charge in [0, 0.05) is 18.2 Å². The average Bonchev–Trinajstić information content (AvgIpc) is 3.17. The van der Waals surface area contributed by atoms with E-state index in [2.05, 4.69) is 5.16 Å². The second-order valence-electron chi connectivity index (χ2n) is 6.35. The third-order valence-electron chi connectivity index (χ3n) is 4.20. The Hall–Kier alpha value is -2.86. The van der Waals surface area contributed by atoms with E-state index in [-0.39, 0.29) is 24.8 Å². The molecule has 3 aromatic rings. The van der Waals surface area contributed by atoms with E-state index in [0.717, 1.165) is 11.1 Å². The van der Waals surface area contributed by atoms with Crippen molar-refractivity contribution in [2.24, 2.45) is 0 Å². The van der Waals surface area contributed by atoms with Crippen molar-refractivity contribution in [2.75, 3.05) is 7.11 Å². The molecule has 1 aromatic heterocycles. The van der Waals surface area contributed by atoms with E-state index in [1.165, 1.54) is 12.1 Å². The predicted octanol–water partition coefficient (Wildman–Crippen LogP) is 4.65. The lowest BCUT2D eigenvalue weighted by Gasteiger charge is -2.23. The van der Waals surface area contributed by atoms with Gasteiger partial charge < -0.3 is 14.2 Å². The summed E-state index contributed by atoms with van der Waals surface area (Å²) < 4.78 is 23.8. The van der Waals surface area contributed by atoms with Crippen LogP contribution in [0, 0.1) is 5.82 Å². The summed E-state index contributed by atoms with van der Waals surface area (Å²) in [5, 5.41) is 3.38. The zero-order valence-electron chi connectivity index (χ0n) is 15.6. The number of nitrogens with zero attached hydrogens (tertiary/aromatic N) is 2. The molecule has 146 valence electrons. The van der Waals surface area contributed by atoms with Crippen LogP contribution in [0.1, 0.15) is 18.2 Å². The molecule has 0 N–H and O–H groups in total. The Labute approximate surface area is 167 Å². The molecule has 0 radical (unpaired) electrons. The lowest BCUT2D eigenvalue weighted by molar-refractivity contribution is -0.131. The summed E-state index contributed by atoms with van der Waals surface area (Å²) in [7, 11) is 1.59. The normalized spacial score (nSPS) is 11.9. The van der Waals surface area contributed by atoms with Crippen LogP contribution in [0.25, 0.3) is 11.3 Å². The maximum absolute atomic E-state index is 13.1. The van der Waals surface area contributed by atoms with E-state index >= 15 is 0 Å². The summed E-state index contributed by atoms with van der Waals surface area (Å²) in [5.41, 5.74) is 2.20. The Morgan fingerprint density at radius 1 is 1.21 bits per heavy atom. The van der Waals surface area contributed by atoms with Crippen molar-refractivity contribution in [3.63, 3.8) is 0 Å². The fraction of sp³-hybridized carbons (Fsp3) is 0.238. The highest BCUT2D eigenvalue weighted by molar-refractivity contribution is 6.30. The molecular formula is C21H20ClFN2O3. The third-order valence-corrected chi connectivity index (χ3v) is 4.39. The van der Waals surface area contributed by atoms with Crippen LogP contribution in [0.5, 0.6) is 5.75 Å². The first-order valence-corrected chi connectivity index (χ1v) is 9.17. The van der Waals surface area contributed by atoms with Gasteiger partial charge in [0.1, 0.15) is 22.6 Å². The van der Waals surface area contributed by atoms with Crippen LogP contribution >= 0.6 is 11.6 Å². The number of hydrogen-bond donors (Lipinski definition) is 0. The van der Waals surface area contributed by atoms with Crippen LogP contribution in [0.3, 0.4) is 0 Å². The van der Waals surface area contributed by atoms with Gasteiger partial charge in [0.2, 0.25) is 5.91 Å². The van der Waals surface area contributed by atoms with Crippen molar-refractivity contribution >= 4 is 17.5 Å². The number of halogens is 2. The Morgan fingerprint density at radius 3 is 2.64 bits per heavy atom. The summed E-state index contributed by atoms with van der Waals surface area (Å²) in [5.74, 6) is 0.713. The summed E-state index contributed by atoms with van der Waals surface area (Å²) in [4.78, 5) is 14.1. The minimum absolute atomic E-state index is 0.223. The van der Waals surface area contributed by atoms with E-state index in [9.17, 15) is 9.18 Å². The van der Waals surface area contributed by atoms with Gasteiger partial charge in [-0.25, -0.2) is 4.39 Å². The van der Waals surface area contributed by atoms with E-state index in [1.807, 2.05) is 24.3 Å². The van der Waals surface area contributed by atoms with Gasteiger partial charge in [-0.15, -0.1) is 11.6 Å². The second kappa shape index (κ2) is 8.89. The SMILES string of the molecule is COc1cccc(-c2cc(CN(Cc3ccc(F)cc3)C(=O)C(C)Cl)no2)c1. The van der Waals surface area contributed by atoms with Crippen molar-refractivity contribution in [1.82, 2.24) is 10.1 Å². The third kappa shape index (κ3) is 4.89. The molecular weight excluding hydrogens is 383 g/mol. The van der Waals surface area contributed by atoms with Crippen molar-refractivity contribution < 1.29 is 18.4 Å². The highest BCUT2D eigenvalue weighted by Crippen LogP contribution is 2.25. The maximum atomic E-state index is 13.1. The topological polar surface area (TPSA) is 55.6 Å². The number of ether oxygens (including phenoxy) is 1. The monoisotopic (exact) mass is 402 g/mol. The number of carbonyl (C=O) groups excluding carboxylic acids is 1. The van der Waals surface area contributed by atoms with Crippen LogP contribution in [0.15, 0.2) is 59.1 Å². The molecule has 1 heterocycles. The minimum atomic E-state index is -0.690. The van der Waals surface area contributed by atoms with E-state index < -0.39 is 5.38 Å². The number of methoxy groups -OCH3 is 1. The van der Waals surface area contributed by atoms with Crippen molar-refractivity contribution in [3.05, 3.63) is 71.7 Å². The largest absolute Gasteiger partial charge is 0.497 e. The number of benzene rings is 2. The molecule has 7 heteroatoms. The summed E-state index contributed by atoms with van der Waals surface area (Å²) >= 11 is 6.01. The van der Waals surface area contributed by atoms with Crippen molar-refractivity contribution in [1.29, 1.82) is 0 Å². The molecule has 0 fully saturated rings. The molecule has 0 bridgehead atoms. The maximum Gasteiger partial charge on any atom is 0.240 e. The van der Waals surface area contributed by atoms with Gasteiger partial charge in [0.25, 0.3) is 0 Å². The summed E-state index contributed by atoms with van der Waals surface area (Å²) in [6.07, 6.45) is 0. The summed E-state index contributed by atoms with van der Waals surface area (Å²) in [6.45, 7) is 2.13. The van der Waals surface area contributed by atoms with Crippen LogP contribution in [0.4, 0.5) is 4.39 Å². The smallest absolute Gasteiger partial charge is 0.240 e. The predicted molar refractivity (Wildman–Crippen MR) is 104 cm³/mol. The first-order chi connectivity index (χ1) is 13.5. The van der Waals surface area contributed by atoms with Gasteiger partial charge in [-0.1, -0.05) is 29.4 Å². The fourth-order valence-corrected chi connectivity index (χ4v) is 2.91. The van der Waals surface area contributed by atoms with Gasteiger partial charge in [-0.3, -0.25) is 4.79 Å². The van der Waals surface area contributed by atoms with Gasteiger partial charge in [-0.2, -0.15) is 0 Å². The fourth-order valence-electron chi connectivity index (χ4n) is 2.77. The van der Waals surface area contributed by atoms with Gasteiger partial charge in [0.15, 0.2) is 5.76 Å². The molecule has 0 aliphatic heterocycles. The Bertz CT molecular complexity index is 941. The van der Waals surface area contributed by atoms with Gasteiger partial charge in [-0.05, 0) is 36.8 Å². The molecule has 1 atom stereocenters. The molecule has 5 nitrogen and oxygen atoms in total. The molecule has 0 saturated heterocycles. The van der Waals surface area contributed by atoms with E-state index in [4.69, 9.17) is 20.9 Å². The second-order valence-corrected chi connectivity index (χ2v) is 7.01. The number of amides is 1. The zero-order valence-corrected chi connectivity index (χ0v) is 16.3. The highest BCUT2D eigenvalue weighted by Gasteiger charge is 2.21. The number of rotatable bonds is 7. The zero-order chi connectivity index (χ0) is 20.1. The first-order valence-electron chi connectivity index (χ1n) is 8.73. The first kappa shape index (κ1) is 19.9. The lowest BCUT2D eigenvalue weighted by Crippen LogP contribution is -2.34. The molecule has 28 heavy (non-hydrogen) atoms. The Balaban J connectivity index is 1.79. The van der Waals surface area contributed by atoms with Crippen molar-refractivity contribution in [2.45, 2.75) is 25.4 Å². The van der Waals surface area contributed by atoms with Crippen LogP contribution in [-0.2, 0) is 17.9 Å². The van der Waals surface area contributed by atoms with Crippen LogP contribution in [-0.4, -0.2) is 28.5 Å². The molecule has 1 amide bonds. The van der Waals surface area contributed by atoms with E-state index in [0.29, 0.717) is 17.2 Å². The molecule has 0 spiro atoms. The number of aromatic nitrogens is 1.